The highest BCUT2D eigenvalue weighted by Gasteiger charge is 2.18. The zero-order valence-electron chi connectivity index (χ0n) is 17.6. The van der Waals surface area contributed by atoms with Gasteiger partial charge in [-0.2, -0.15) is 5.10 Å². The molecule has 1 aromatic heterocycles. The number of ether oxygens (including phenoxy) is 1. The quantitative estimate of drug-likeness (QED) is 0.223. The number of benzene rings is 2. The number of para-hydroxylation sites is 1. The number of esters is 1. The van der Waals surface area contributed by atoms with Gasteiger partial charge in [0.05, 0.1) is 23.4 Å². The molecule has 0 spiro atoms. The van der Waals surface area contributed by atoms with Crippen LogP contribution in [0.1, 0.15) is 19.4 Å². The molecule has 0 saturated carbocycles. The van der Waals surface area contributed by atoms with E-state index in [1.165, 1.54) is 13.8 Å². The summed E-state index contributed by atoms with van der Waals surface area (Å²) >= 11 is 6.00. The van der Waals surface area contributed by atoms with E-state index in [2.05, 4.69) is 5.10 Å². The minimum Gasteiger partial charge on any atom is -0.508 e. The largest absolute Gasteiger partial charge is 0.508 e. The average molecular weight is 452 g/mol. The van der Waals surface area contributed by atoms with Crippen molar-refractivity contribution >= 4 is 29.1 Å². The number of Topliss-reactive ketones (excluding diaryl/α,β-unsaturated/α-hetero) is 1. The second-order valence-corrected chi connectivity index (χ2v) is 7.57. The SMILES string of the molecule is CC(=N)/C(C(C)=O)=C(\O)COC(=O)Cc1cn(-c2ccccc2)nc1-c1ccc(Cl)cc1. The molecular formula is C24H22ClN3O4. The number of nitrogens with one attached hydrogen (secondary N) is 1. The van der Waals surface area contributed by atoms with Crippen molar-refractivity contribution in [2.45, 2.75) is 20.3 Å². The normalized spacial score (nSPS) is 11.6. The summed E-state index contributed by atoms with van der Waals surface area (Å²) in [4.78, 5) is 24.1. The summed E-state index contributed by atoms with van der Waals surface area (Å²) < 4.78 is 6.84. The van der Waals surface area contributed by atoms with E-state index in [0.717, 1.165) is 11.3 Å². The number of aromatic nitrogens is 2. The number of nitrogens with zero attached hydrogens (tertiary/aromatic N) is 2. The number of aliphatic hydroxyl groups is 1. The van der Waals surface area contributed by atoms with E-state index in [1.807, 2.05) is 42.5 Å². The minimum atomic E-state index is -0.607. The van der Waals surface area contributed by atoms with Gasteiger partial charge in [0.25, 0.3) is 0 Å². The van der Waals surface area contributed by atoms with Crippen LogP contribution in [0.4, 0.5) is 0 Å². The van der Waals surface area contributed by atoms with Gasteiger partial charge >= 0.3 is 5.97 Å². The van der Waals surface area contributed by atoms with Crippen LogP contribution in [0.3, 0.4) is 0 Å². The Morgan fingerprint density at radius 3 is 2.34 bits per heavy atom. The van der Waals surface area contributed by atoms with Crippen LogP contribution >= 0.6 is 11.6 Å². The monoisotopic (exact) mass is 451 g/mol. The van der Waals surface area contributed by atoms with Gasteiger partial charge in [0.15, 0.2) is 5.78 Å². The van der Waals surface area contributed by atoms with Gasteiger partial charge in [0.1, 0.15) is 12.4 Å². The summed E-state index contributed by atoms with van der Waals surface area (Å²) in [5.74, 6) is -1.53. The number of ketones is 1. The summed E-state index contributed by atoms with van der Waals surface area (Å²) in [5.41, 5.74) is 2.59. The molecule has 3 aromatic rings. The van der Waals surface area contributed by atoms with Crippen LogP contribution < -0.4 is 0 Å². The summed E-state index contributed by atoms with van der Waals surface area (Å²) in [7, 11) is 0. The molecule has 1 heterocycles. The molecule has 8 heteroatoms. The lowest BCUT2D eigenvalue weighted by molar-refractivity contribution is -0.142. The Bertz CT molecular complexity index is 1170. The third kappa shape index (κ3) is 5.50. The summed E-state index contributed by atoms with van der Waals surface area (Å²) in [6, 6.07) is 16.6. The van der Waals surface area contributed by atoms with Crippen molar-refractivity contribution in [1.29, 1.82) is 5.41 Å². The van der Waals surface area contributed by atoms with Crippen molar-refractivity contribution in [1.82, 2.24) is 9.78 Å². The standard InChI is InChI=1S/C24H22ClN3O4/c1-15(26)23(16(2)29)21(30)14-32-22(31)12-18-13-28(20-6-4-3-5-7-20)27-24(18)17-8-10-19(25)11-9-17/h3-11,13,26,30H,12,14H2,1-2H3/b23-21+,26-15?. The van der Waals surface area contributed by atoms with Gasteiger partial charge in [-0.3, -0.25) is 9.59 Å². The number of hydrogen-bond acceptors (Lipinski definition) is 6. The van der Waals surface area contributed by atoms with E-state index in [1.54, 1.807) is 23.0 Å². The molecule has 2 aromatic carbocycles. The third-order valence-electron chi connectivity index (χ3n) is 4.65. The van der Waals surface area contributed by atoms with E-state index >= 15 is 0 Å². The van der Waals surface area contributed by atoms with Crippen molar-refractivity contribution in [3.63, 3.8) is 0 Å². The van der Waals surface area contributed by atoms with Crippen LogP contribution in [0.15, 0.2) is 72.1 Å². The fourth-order valence-corrected chi connectivity index (χ4v) is 3.34. The molecule has 32 heavy (non-hydrogen) atoms. The van der Waals surface area contributed by atoms with Crippen LogP contribution in [-0.2, 0) is 20.7 Å². The van der Waals surface area contributed by atoms with E-state index in [9.17, 15) is 14.7 Å². The molecule has 0 unspecified atom stereocenters. The van der Waals surface area contributed by atoms with Crippen molar-refractivity contribution in [3.05, 3.63) is 82.7 Å². The first-order valence-corrected chi connectivity index (χ1v) is 10.2. The second kappa shape index (κ2) is 10.1. The number of carbonyl (C=O) groups excluding carboxylic acids is 2. The number of halogens is 1. The Hall–Kier alpha value is -3.71. The van der Waals surface area contributed by atoms with Crippen LogP contribution in [0.25, 0.3) is 16.9 Å². The number of rotatable bonds is 8. The first kappa shape index (κ1) is 23.0. The van der Waals surface area contributed by atoms with E-state index in [0.29, 0.717) is 16.3 Å². The molecule has 164 valence electrons. The number of carbonyl (C=O) groups is 2. The third-order valence-corrected chi connectivity index (χ3v) is 4.90. The predicted octanol–water partition coefficient (Wildman–Crippen LogP) is 4.72. The van der Waals surface area contributed by atoms with Gasteiger partial charge in [-0.1, -0.05) is 41.9 Å². The van der Waals surface area contributed by atoms with Crippen molar-refractivity contribution < 1.29 is 19.4 Å². The number of allylic oxidation sites excluding steroid dienone is 1. The highest BCUT2D eigenvalue weighted by molar-refractivity contribution is 6.30. The second-order valence-electron chi connectivity index (χ2n) is 7.13. The Balaban J connectivity index is 1.86. The molecule has 0 fully saturated rings. The topological polar surface area (TPSA) is 105 Å². The maximum Gasteiger partial charge on any atom is 0.310 e. The smallest absolute Gasteiger partial charge is 0.310 e. The summed E-state index contributed by atoms with van der Waals surface area (Å²) in [6.07, 6.45) is 1.65. The highest BCUT2D eigenvalue weighted by Crippen LogP contribution is 2.26. The fourth-order valence-electron chi connectivity index (χ4n) is 3.21. The van der Waals surface area contributed by atoms with E-state index < -0.39 is 24.1 Å². The Labute approximate surface area is 190 Å². The van der Waals surface area contributed by atoms with Crippen LogP contribution in [-0.4, -0.2) is 39.0 Å². The molecule has 0 saturated heterocycles. The van der Waals surface area contributed by atoms with Gasteiger partial charge in [-0.25, -0.2) is 4.68 Å². The molecule has 0 atom stereocenters. The first-order chi connectivity index (χ1) is 15.3. The zero-order valence-corrected chi connectivity index (χ0v) is 18.4. The predicted molar refractivity (Wildman–Crippen MR) is 122 cm³/mol. The molecule has 0 bridgehead atoms. The Morgan fingerprint density at radius 2 is 1.75 bits per heavy atom. The molecule has 7 nitrogen and oxygen atoms in total. The van der Waals surface area contributed by atoms with Crippen LogP contribution in [0.2, 0.25) is 5.02 Å². The van der Waals surface area contributed by atoms with Crippen LogP contribution in [0, 0.1) is 5.41 Å². The maximum absolute atomic E-state index is 12.5. The van der Waals surface area contributed by atoms with Crippen molar-refractivity contribution in [3.8, 4) is 16.9 Å². The minimum absolute atomic E-state index is 0.0970. The lowest BCUT2D eigenvalue weighted by Gasteiger charge is -2.08. The van der Waals surface area contributed by atoms with Gasteiger partial charge in [0.2, 0.25) is 0 Å². The molecule has 0 aliphatic heterocycles. The van der Waals surface area contributed by atoms with Gasteiger partial charge in [-0.05, 0) is 38.1 Å². The molecule has 0 aliphatic rings. The molecule has 2 N–H and O–H groups in total. The van der Waals surface area contributed by atoms with Crippen molar-refractivity contribution in [2.75, 3.05) is 6.61 Å². The fraction of sp³-hybridized carbons (Fsp3) is 0.167. The lowest BCUT2D eigenvalue weighted by Crippen LogP contribution is -2.16. The average Bonchev–Trinajstić information content (AvgIpc) is 3.16. The molecule has 3 rings (SSSR count). The Morgan fingerprint density at radius 1 is 1.09 bits per heavy atom. The lowest BCUT2D eigenvalue weighted by atomic mass is 10.1. The van der Waals surface area contributed by atoms with Crippen LogP contribution in [0.5, 0.6) is 0 Å². The maximum atomic E-state index is 12.5. The van der Waals surface area contributed by atoms with Gasteiger partial charge in [0, 0.05) is 28.1 Å². The first-order valence-electron chi connectivity index (χ1n) is 9.80. The zero-order chi connectivity index (χ0) is 23.3. The summed E-state index contributed by atoms with van der Waals surface area (Å²) in [5, 5.41) is 22.9. The van der Waals surface area contributed by atoms with Gasteiger partial charge < -0.3 is 15.3 Å². The molecule has 0 amide bonds. The number of hydrogen-bond donors (Lipinski definition) is 2. The molecule has 0 aliphatic carbocycles. The Kier molecular flexibility index (Phi) is 7.22. The highest BCUT2D eigenvalue weighted by atomic mass is 35.5. The van der Waals surface area contributed by atoms with E-state index in [4.69, 9.17) is 21.7 Å². The van der Waals surface area contributed by atoms with Gasteiger partial charge in [-0.15, -0.1) is 0 Å². The van der Waals surface area contributed by atoms with Crippen molar-refractivity contribution in [2.24, 2.45) is 0 Å². The van der Waals surface area contributed by atoms with E-state index in [-0.39, 0.29) is 17.7 Å². The number of aliphatic hydroxyl groups excluding tert-OH is 1. The molecule has 0 radical (unpaired) electrons. The summed E-state index contributed by atoms with van der Waals surface area (Å²) in [6.45, 7) is 2.12. The molecular weight excluding hydrogens is 430 g/mol.